The number of hydrogen-bond acceptors (Lipinski definition) is 3. The Balaban J connectivity index is 2.21. The molecule has 1 aromatic carbocycles. The zero-order valence-corrected chi connectivity index (χ0v) is 13.4. The standard InChI is InChI=1S/C15H21BrN2O2/c1-11-3-2-6-15(8-11,10-17)9-12-4-5-13(18(19)20)7-14(12)16/h4-5,7,11H,2-3,6,8-10,17H2,1H3. The molecule has 110 valence electrons. The van der Waals surface area contributed by atoms with Crippen molar-refractivity contribution in [1.29, 1.82) is 0 Å². The lowest BCUT2D eigenvalue weighted by atomic mass is 9.67. The molecule has 1 aliphatic carbocycles. The van der Waals surface area contributed by atoms with E-state index >= 15 is 0 Å². The molecule has 2 N–H and O–H groups in total. The fraction of sp³-hybridized carbons (Fsp3) is 0.600. The predicted molar refractivity (Wildman–Crippen MR) is 83.6 cm³/mol. The first kappa shape index (κ1) is 15.4. The van der Waals surface area contributed by atoms with E-state index in [1.54, 1.807) is 12.1 Å². The number of nitro benzene ring substituents is 1. The molecule has 0 bridgehead atoms. The summed E-state index contributed by atoms with van der Waals surface area (Å²) in [5.74, 6) is 0.712. The van der Waals surface area contributed by atoms with Crippen molar-refractivity contribution in [2.24, 2.45) is 17.1 Å². The topological polar surface area (TPSA) is 69.2 Å². The first-order valence-corrected chi connectivity index (χ1v) is 7.88. The third-order valence-corrected chi connectivity index (χ3v) is 5.17. The molecule has 1 saturated carbocycles. The van der Waals surface area contributed by atoms with Crippen LogP contribution in [0.4, 0.5) is 5.69 Å². The highest BCUT2D eigenvalue weighted by Gasteiger charge is 2.34. The maximum absolute atomic E-state index is 10.8. The van der Waals surface area contributed by atoms with Crippen LogP contribution in [0.25, 0.3) is 0 Å². The van der Waals surface area contributed by atoms with Gasteiger partial charge in [0.1, 0.15) is 0 Å². The van der Waals surface area contributed by atoms with Gasteiger partial charge in [0.25, 0.3) is 5.69 Å². The van der Waals surface area contributed by atoms with Crippen molar-refractivity contribution < 1.29 is 4.92 Å². The van der Waals surface area contributed by atoms with Gasteiger partial charge in [0.05, 0.1) is 4.92 Å². The Bertz CT molecular complexity index is 507. The summed E-state index contributed by atoms with van der Waals surface area (Å²) in [7, 11) is 0. The monoisotopic (exact) mass is 340 g/mol. The second-order valence-electron chi connectivity index (χ2n) is 6.12. The van der Waals surface area contributed by atoms with E-state index in [0.29, 0.717) is 12.5 Å². The minimum atomic E-state index is -0.365. The van der Waals surface area contributed by atoms with Gasteiger partial charge in [-0.05, 0) is 42.7 Å². The molecule has 1 aromatic rings. The molecule has 1 fully saturated rings. The molecule has 1 aliphatic rings. The van der Waals surface area contributed by atoms with Crippen LogP contribution >= 0.6 is 15.9 Å². The van der Waals surface area contributed by atoms with Crippen LogP contribution in [0.15, 0.2) is 22.7 Å². The van der Waals surface area contributed by atoms with E-state index in [1.165, 1.54) is 12.8 Å². The smallest absolute Gasteiger partial charge is 0.270 e. The summed E-state index contributed by atoms with van der Waals surface area (Å²) < 4.78 is 0.817. The van der Waals surface area contributed by atoms with Gasteiger partial charge in [-0.1, -0.05) is 41.8 Å². The highest BCUT2D eigenvalue weighted by Crippen LogP contribution is 2.42. The van der Waals surface area contributed by atoms with Crippen molar-refractivity contribution in [3.8, 4) is 0 Å². The molecular formula is C15H21BrN2O2. The molecule has 2 atom stereocenters. The second-order valence-corrected chi connectivity index (χ2v) is 6.97. The number of hydrogen-bond donors (Lipinski definition) is 1. The van der Waals surface area contributed by atoms with Crippen LogP contribution in [-0.4, -0.2) is 11.5 Å². The molecule has 2 unspecified atom stereocenters. The zero-order chi connectivity index (χ0) is 14.8. The summed E-state index contributed by atoms with van der Waals surface area (Å²) in [4.78, 5) is 10.4. The fourth-order valence-electron chi connectivity index (χ4n) is 3.38. The number of non-ortho nitro benzene ring substituents is 1. The summed E-state index contributed by atoms with van der Waals surface area (Å²) in [5.41, 5.74) is 7.45. The first-order valence-electron chi connectivity index (χ1n) is 7.09. The Kier molecular flexibility index (Phi) is 4.81. The van der Waals surface area contributed by atoms with E-state index in [4.69, 9.17) is 5.73 Å². The van der Waals surface area contributed by atoms with Crippen molar-refractivity contribution >= 4 is 21.6 Å². The molecular weight excluding hydrogens is 320 g/mol. The predicted octanol–water partition coefficient (Wildman–Crippen LogP) is 4.06. The SMILES string of the molecule is CC1CCCC(CN)(Cc2ccc([N+](=O)[O-])cc2Br)C1. The van der Waals surface area contributed by atoms with Gasteiger partial charge in [-0.2, -0.15) is 0 Å². The lowest BCUT2D eigenvalue weighted by molar-refractivity contribution is -0.384. The Labute approximate surface area is 128 Å². The molecule has 0 aromatic heterocycles. The van der Waals surface area contributed by atoms with E-state index in [1.807, 2.05) is 6.07 Å². The average Bonchev–Trinajstić information content (AvgIpc) is 2.41. The lowest BCUT2D eigenvalue weighted by Crippen LogP contribution is -2.37. The molecule has 5 heteroatoms. The van der Waals surface area contributed by atoms with Crippen LogP contribution in [0.5, 0.6) is 0 Å². The van der Waals surface area contributed by atoms with Gasteiger partial charge in [0, 0.05) is 16.6 Å². The summed E-state index contributed by atoms with van der Waals surface area (Å²) in [6, 6.07) is 5.03. The van der Waals surface area contributed by atoms with E-state index < -0.39 is 0 Å². The van der Waals surface area contributed by atoms with Crippen molar-refractivity contribution in [3.05, 3.63) is 38.3 Å². The summed E-state index contributed by atoms with van der Waals surface area (Å²) in [6.07, 6.45) is 5.70. The summed E-state index contributed by atoms with van der Waals surface area (Å²) in [6.45, 7) is 2.97. The first-order chi connectivity index (χ1) is 9.46. The van der Waals surface area contributed by atoms with E-state index in [-0.39, 0.29) is 16.0 Å². The highest BCUT2D eigenvalue weighted by atomic mass is 79.9. The van der Waals surface area contributed by atoms with Crippen LogP contribution < -0.4 is 5.73 Å². The van der Waals surface area contributed by atoms with E-state index in [2.05, 4.69) is 22.9 Å². The normalized spacial score (nSPS) is 26.4. The van der Waals surface area contributed by atoms with E-state index in [0.717, 1.165) is 29.3 Å². The molecule has 0 radical (unpaired) electrons. The minimum absolute atomic E-state index is 0.124. The number of benzene rings is 1. The van der Waals surface area contributed by atoms with Gasteiger partial charge < -0.3 is 5.73 Å². The van der Waals surface area contributed by atoms with Crippen molar-refractivity contribution in [2.45, 2.75) is 39.0 Å². The van der Waals surface area contributed by atoms with Crippen molar-refractivity contribution in [2.75, 3.05) is 6.54 Å². The molecule has 4 nitrogen and oxygen atoms in total. The van der Waals surface area contributed by atoms with Crippen LogP contribution in [0.2, 0.25) is 0 Å². The van der Waals surface area contributed by atoms with Gasteiger partial charge in [0.15, 0.2) is 0 Å². The van der Waals surface area contributed by atoms with Gasteiger partial charge in [-0.25, -0.2) is 0 Å². The van der Waals surface area contributed by atoms with Crippen LogP contribution in [0.1, 0.15) is 38.2 Å². The Morgan fingerprint density at radius 1 is 1.55 bits per heavy atom. The van der Waals surface area contributed by atoms with Gasteiger partial charge in [-0.15, -0.1) is 0 Å². The minimum Gasteiger partial charge on any atom is -0.330 e. The molecule has 0 heterocycles. The van der Waals surface area contributed by atoms with Gasteiger partial charge in [0.2, 0.25) is 0 Å². The van der Waals surface area contributed by atoms with E-state index in [9.17, 15) is 10.1 Å². The van der Waals surface area contributed by atoms with Crippen LogP contribution in [0.3, 0.4) is 0 Å². The molecule has 0 aliphatic heterocycles. The maximum Gasteiger partial charge on any atom is 0.270 e. The third kappa shape index (κ3) is 3.38. The molecule has 0 spiro atoms. The quantitative estimate of drug-likeness (QED) is 0.663. The van der Waals surface area contributed by atoms with Gasteiger partial charge in [-0.3, -0.25) is 10.1 Å². The van der Waals surface area contributed by atoms with Crippen LogP contribution in [-0.2, 0) is 6.42 Å². The fourth-order valence-corrected chi connectivity index (χ4v) is 3.89. The molecule has 0 saturated heterocycles. The molecule has 20 heavy (non-hydrogen) atoms. The number of halogens is 1. The molecule has 2 rings (SSSR count). The van der Waals surface area contributed by atoms with Gasteiger partial charge >= 0.3 is 0 Å². The third-order valence-electron chi connectivity index (χ3n) is 4.43. The second kappa shape index (κ2) is 6.22. The largest absolute Gasteiger partial charge is 0.330 e. The average molecular weight is 341 g/mol. The number of nitrogens with zero attached hydrogens (tertiary/aromatic N) is 1. The summed E-state index contributed by atoms with van der Waals surface area (Å²) in [5, 5.41) is 10.8. The Morgan fingerprint density at radius 3 is 2.85 bits per heavy atom. The number of nitro groups is 1. The number of rotatable bonds is 4. The number of nitrogens with two attached hydrogens (primary N) is 1. The Morgan fingerprint density at radius 2 is 2.30 bits per heavy atom. The lowest BCUT2D eigenvalue weighted by Gasteiger charge is -2.39. The van der Waals surface area contributed by atoms with Crippen molar-refractivity contribution in [1.82, 2.24) is 0 Å². The van der Waals surface area contributed by atoms with Crippen LogP contribution in [0, 0.1) is 21.4 Å². The highest BCUT2D eigenvalue weighted by molar-refractivity contribution is 9.10. The summed E-state index contributed by atoms with van der Waals surface area (Å²) >= 11 is 3.47. The molecule has 0 amide bonds. The van der Waals surface area contributed by atoms with Crippen molar-refractivity contribution in [3.63, 3.8) is 0 Å². The maximum atomic E-state index is 10.8. The Hall–Kier alpha value is -0.940. The zero-order valence-electron chi connectivity index (χ0n) is 11.8.